The van der Waals surface area contributed by atoms with E-state index in [9.17, 15) is 0 Å². The Kier molecular flexibility index (Phi) is 5.20. The van der Waals surface area contributed by atoms with Gasteiger partial charge in [-0.15, -0.1) is 0 Å². The molecule has 0 aliphatic heterocycles. The first kappa shape index (κ1) is 23.9. The van der Waals surface area contributed by atoms with Crippen molar-refractivity contribution in [2.75, 3.05) is 4.90 Å². The summed E-state index contributed by atoms with van der Waals surface area (Å²) in [6, 6.07) is 55.9. The number of fused-ring (bicyclic) bond motifs is 8. The maximum atomic E-state index is 6.86. The lowest BCUT2D eigenvalue weighted by Crippen LogP contribution is -2.11. The molecule has 9 aromatic rings. The van der Waals surface area contributed by atoms with Crippen LogP contribution in [0.5, 0.6) is 0 Å². The lowest BCUT2D eigenvalue weighted by molar-refractivity contribution is 0.673. The minimum Gasteiger partial charge on any atom is -0.453 e. The van der Waals surface area contributed by atoms with Crippen molar-refractivity contribution in [3.05, 3.63) is 158 Å². The fourth-order valence-corrected chi connectivity index (χ4v) is 6.70. The van der Waals surface area contributed by atoms with Crippen LogP contribution < -0.4 is 4.90 Å². The van der Waals surface area contributed by atoms with Crippen LogP contribution >= 0.6 is 0 Å². The number of anilines is 3. The van der Waals surface area contributed by atoms with Crippen LogP contribution in [0.25, 0.3) is 60.2 Å². The van der Waals surface area contributed by atoms with E-state index in [1.165, 1.54) is 21.7 Å². The van der Waals surface area contributed by atoms with E-state index in [1.54, 1.807) is 0 Å². The van der Waals surface area contributed by atoms with Crippen LogP contribution in [0.2, 0.25) is 0 Å². The number of benzene rings is 7. The van der Waals surface area contributed by atoms with Crippen LogP contribution in [0, 0.1) is 0 Å². The Morgan fingerprint density at radius 1 is 0.419 bits per heavy atom. The summed E-state index contributed by atoms with van der Waals surface area (Å²) in [7, 11) is 0. The van der Waals surface area contributed by atoms with Gasteiger partial charge in [0, 0.05) is 38.3 Å². The molecular weight excluding hydrogens is 524 g/mol. The third kappa shape index (κ3) is 3.55. The fraction of sp³-hybridized carbons (Fsp3) is 0. The second kappa shape index (κ2) is 9.37. The Balaban J connectivity index is 1.42. The summed E-state index contributed by atoms with van der Waals surface area (Å²) in [6.45, 7) is 0. The highest BCUT2D eigenvalue weighted by Crippen LogP contribution is 2.47. The molecule has 0 bridgehead atoms. The van der Waals surface area contributed by atoms with Crippen molar-refractivity contribution < 1.29 is 4.42 Å². The van der Waals surface area contributed by atoms with Crippen LogP contribution in [0.3, 0.4) is 0 Å². The maximum Gasteiger partial charge on any atom is 0.159 e. The summed E-state index contributed by atoms with van der Waals surface area (Å²) in [6.07, 6.45) is 0. The third-order valence-corrected chi connectivity index (χ3v) is 8.55. The molecule has 0 radical (unpaired) electrons. The molecule has 2 aromatic heterocycles. The first-order chi connectivity index (χ1) is 21.4. The SMILES string of the molecule is c1ccc(N(c2cccc3c2oc2c4ccccc4ccc32)c2cccc3c4ccccc4n(-c4ccccc4)c23)cc1. The molecule has 2 heterocycles. The summed E-state index contributed by atoms with van der Waals surface area (Å²) in [5.41, 5.74) is 8.40. The fourth-order valence-electron chi connectivity index (χ4n) is 6.70. The molecule has 3 heteroatoms. The maximum absolute atomic E-state index is 6.86. The molecule has 9 rings (SSSR count). The summed E-state index contributed by atoms with van der Waals surface area (Å²) in [5, 5.41) is 6.97. The number of hydrogen-bond acceptors (Lipinski definition) is 2. The predicted molar refractivity (Wildman–Crippen MR) is 180 cm³/mol. The monoisotopic (exact) mass is 550 g/mol. The van der Waals surface area contributed by atoms with Gasteiger partial charge in [-0.25, -0.2) is 0 Å². The van der Waals surface area contributed by atoms with Gasteiger partial charge < -0.3 is 13.9 Å². The van der Waals surface area contributed by atoms with E-state index in [0.29, 0.717) is 0 Å². The topological polar surface area (TPSA) is 21.3 Å². The van der Waals surface area contributed by atoms with E-state index in [4.69, 9.17) is 4.42 Å². The van der Waals surface area contributed by atoms with Crippen molar-refractivity contribution in [2.24, 2.45) is 0 Å². The predicted octanol–water partition coefficient (Wildman–Crippen LogP) is 11.3. The second-order valence-electron chi connectivity index (χ2n) is 11.0. The standard InChI is InChI=1S/C40H26N2O/c1-3-14-28(15-4-1)41(37-24-12-21-33-34-26-25-27-13-7-8-18-30(27)39(34)43-40(33)37)36-23-11-20-32-31-19-9-10-22-35(31)42(38(32)36)29-16-5-2-6-17-29/h1-26H. The lowest BCUT2D eigenvalue weighted by atomic mass is 10.1. The van der Waals surface area contributed by atoms with Crippen molar-refractivity contribution in [3.63, 3.8) is 0 Å². The summed E-state index contributed by atoms with van der Waals surface area (Å²) >= 11 is 0. The van der Waals surface area contributed by atoms with Crippen LogP contribution in [-0.4, -0.2) is 4.57 Å². The van der Waals surface area contributed by atoms with E-state index in [-0.39, 0.29) is 0 Å². The number of furan rings is 1. The van der Waals surface area contributed by atoms with Crippen LogP contribution in [0.4, 0.5) is 17.1 Å². The Morgan fingerprint density at radius 2 is 1.05 bits per heavy atom. The first-order valence-electron chi connectivity index (χ1n) is 14.6. The highest BCUT2D eigenvalue weighted by Gasteiger charge is 2.24. The van der Waals surface area contributed by atoms with Gasteiger partial charge in [0.15, 0.2) is 5.58 Å². The smallest absolute Gasteiger partial charge is 0.159 e. The zero-order chi connectivity index (χ0) is 28.3. The van der Waals surface area contributed by atoms with Gasteiger partial charge in [0.1, 0.15) is 5.58 Å². The highest BCUT2D eigenvalue weighted by atomic mass is 16.3. The van der Waals surface area contributed by atoms with Gasteiger partial charge in [0.05, 0.1) is 22.4 Å². The van der Waals surface area contributed by atoms with Crippen LogP contribution in [0.15, 0.2) is 162 Å². The molecule has 43 heavy (non-hydrogen) atoms. The van der Waals surface area contributed by atoms with E-state index in [0.717, 1.165) is 55.6 Å². The Labute approximate surface area is 248 Å². The molecule has 0 atom stereocenters. The molecule has 0 saturated heterocycles. The molecule has 3 nitrogen and oxygen atoms in total. The van der Waals surface area contributed by atoms with Gasteiger partial charge in [-0.05, 0) is 53.9 Å². The molecule has 0 saturated carbocycles. The summed E-state index contributed by atoms with van der Waals surface area (Å²) in [5.74, 6) is 0. The molecule has 0 unspecified atom stereocenters. The zero-order valence-electron chi connectivity index (χ0n) is 23.3. The number of rotatable bonds is 4. The van der Waals surface area contributed by atoms with E-state index >= 15 is 0 Å². The Hall–Kier alpha value is -5.80. The zero-order valence-corrected chi connectivity index (χ0v) is 23.3. The third-order valence-electron chi connectivity index (χ3n) is 8.55. The second-order valence-corrected chi connectivity index (χ2v) is 11.0. The molecule has 7 aromatic carbocycles. The summed E-state index contributed by atoms with van der Waals surface area (Å²) < 4.78 is 9.25. The van der Waals surface area contributed by atoms with Gasteiger partial charge in [-0.1, -0.05) is 109 Å². The van der Waals surface area contributed by atoms with Crippen molar-refractivity contribution in [1.29, 1.82) is 0 Å². The number of hydrogen-bond donors (Lipinski definition) is 0. The lowest BCUT2D eigenvalue weighted by Gasteiger charge is -2.27. The highest BCUT2D eigenvalue weighted by molar-refractivity contribution is 6.19. The van der Waals surface area contributed by atoms with Gasteiger partial charge in [0.2, 0.25) is 0 Å². The Bertz CT molecular complexity index is 2450. The van der Waals surface area contributed by atoms with Crippen molar-refractivity contribution in [2.45, 2.75) is 0 Å². The van der Waals surface area contributed by atoms with Gasteiger partial charge >= 0.3 is 0 Å². The van der Waals surface area contributed by atoms with Crippen LogP contribution in [0.1, 0.15) is 0 Å². The molecule has 0 amide bonds. The van der Waals surface area contributed by atoms with E-state index in [1.807, 2.05) is 0 Å². The molecule has 0 aliphatic carbocycles. The van der Waals surface area contributed by atoms with Crippen LogP contribution in [-0.2, 0) is 0 Å². The van der Waals surface area contributed by atoms with Crippen molar-refractivity contribution in [3.8, 4) is 5.69 Å². The molecule has 0 spiro atoms. The van der Waals surface area contributed by atoms with Gasteiger partial charge in [-0.3, -0.25) is 0 Å². The quantitative estimate of drug-likeness (QED) is 0.217. The number of nitrogens with zero attached hydrogens (tertiary/aromatic N) is 2. The normalized spacial score (nSPS) is 11.7. The molecule has 0 aliphatic rings. The molecule has 0 fully saturated rings. The molecular formula is C40H26N2O. The van der Waals surface area contributed by atoms with E-state index < -0.39 is 0 Å². The molecule has 202 valence electrons. The first-order valence-corrected chi connectivity index (χ1v) is 14.6. The van der Waals surface area contributed by atoms with E-state index in [2.05, 4.69) is 167 Å². The average Bonchev–Trinajstić information content (AvgIpc) is 3.63. The average molecular weight is 551 g/mol. The van der Waals surface area contributed by atoms with Crippen molar-refractivity contribution in [1.82, 2.24) is 4.57 Å². The molecule has 0 N–H and O–H groups in total. The summed E-state index contributed by atoms with van der Waals surface area (Å²) in [4.78, 5) is 2.35. The van der Waals surface area contributed by atoms with Gasteiger partial charge in [0.25, 0.3) is 0 Å². The number of aromatic nitrogens is 1. The van der Waals surface area contributed by atoms with Crippen molar-refractivity contribution >= 4 is 71.6 Å². The minimum atomic E-state index is 0.872. The largest absolute Gasteiger partial charge is 0.453 e. The van der Waals surface area contributed by atoms with Gasteiger partial charge in [-0.2, -0.15) is 0 Å². The Morgan fingerprint density at radius 3 is 1.88 bits per heavy atom. The minimum absolute atomic E-state index is 0.872. The number of para-hydroxylation sites is 5.